The maximum Gasteiger partial charge on any atom is 0.258 e. The van der Waals surface area contributed by atoms with Crippen molar-refractivity contribution in [2.45, 2.75) is 19.4 Å². The normalized spacial score (nSPS) is 15.1. The van der Waals surface area contributed by atoms with Gasteiger partial charge in [0.25, 0.3) is 5.56 Å². The molecule has 0 saturated heterocycles. The van der Waals surface area contributed by atoms with Crippen molar-refractivity contribution in [1.29, 1.82) is 5.26 Å². The Morgan fingerprint density at radius 3 is 2.31 bits per heavy atom. The zero-order valence-electron chi connectivity index (χ0n) is 19.2. The third-order valence-electron chi connectivity index (χ3n) is 5.51. The maximum absolute atomic E-state index is 13.7. The van der Waals surface area contributed by atoms with E-state index in [1.807, 2.05) is 25.9 Å². The molecular formula is C23H28N4O5. The van der Waals surface area contributed by atoms with E-state index in [0.29, 0.717) is 47.2 Å². The first-order valence-corrected chi connectivity index (χ1v) is 10.0. The molecule has 0 radical (unpaired) electrons. The first kappa shape index (κ1) is 23.0. The number of likely N-dealkylation sites (N-methyl/N-ethyl adjacent to an activating group) is 1. The Labute approximate surface area is 187 Å². The summed E-state index contributed by atoms with van der Waals surface area (Å²) in [6, 6.07) is 7.25. The molecule has 0 amide bonds. The van der Waals surface area contributed by atoms with E-state index in [2.05, 4.69) is 6.07 Å². The summed E-state index contributed by atoms with van der Waals surface area (Å²) in [6.07, 6.45) is 0. The number of fused-ring (bicyclic) bond motifs is 1. The summed E-state index contributed by atoms with van der Waals surface area (Å²) >= 11 is 0. The van der Waals surface area contributed by atoms with Crippen LogP contribution in [0.2, 0.25) is 0 Å². The van der Waals surface area contributed by atoms with Gasteiger partial charge in [-0.3, -0.25) is 4.79 Å². The molecule has 1 aliphatic heterocycles. The second-order valence-electron chi connectivity index (χ2n) is 7.70. The molecule has 0 unspecified atom stereocenters. The Morgan fingerprint density at radius 1 is 1.12 bits per heavy atom. The van der Waals surface area contributed by atoms with Gasteiger partial charge in [0.15, 0.2) is 11.5 Å². The van der Waals surface area contributed by atoms with Crippen LogP contribution in [0.3, 0.4) is 0 Å². The van der Waals surface area contributed by atoms with Gasteiger partial charge in [0.2, 0.25) is 5.88 Å². The SMILES string of the molecule is COc1cc(OC)c([C@H]2C(C#N)=C(N)Oc3cc(C)n(CCN(C)C)c(=O)c32)cc1OC. The molecule has 0 saturated carbocycles. The quantitative estimate of drug-likeness (QED) is 0.695. The Hall–Kier alpha value is -3.64. The van der Waals surface area contributed by atoms with E-state index >= 15 is 0 Å². The van der Waals surface area contributed by atoms with Crippen molar-refractivity contribution in [1.82, 2.24) is 9.47 Å². The van der Waals surface area contributed by atoms with Gasteiger partial charge in [-0.15, -0.1) is 0 Å². The molecule has 2 N–H and O–H groups in total. The number of aromatic nitrogens is 1. The second kappa shape index (κ2) is 9.24. The average molecular weight is 441 g/mol. The molecule has 9 nitrogen and oxygen atoms in total. The van der Waals surface area contributed by atoms with Gasteiger partial charge >= 0.3 is 0 Å². The summed E-state index contributed by atoms with van der Waals surface area (Å²) in [5, 5.41) is 9.92. The molecule has 2 heterocycles. The van der Waals surface area contributed by atoms with Gasteiger partial charge in [-0.1, -0.05) is 0 Å². The van der Waals surface area contributed by atoms with Gasteiger partial charge in [-0.25, -0.2) is 0 Å². The number of rotatable bonds is 7. The molecule has 0 spiro atoms. The number of methoxy groups -OCH3 is 3. The Morgan fingerprint density at radius 2 is 1.75 bits per heavy atom. The zero-order valence-corrected chi connectivity index (χ0v) is 19.2. The standard InChI is InChI=1S/C23H28N4O5/c1-13-9-19-21(23(28)27(13)8-7-26(2)3)20(15(12-24)22(25)32-19)14-10-17(30-5)18(31-6)11-16(14)29-4/h9-11,20H,7-8,25H2,1-6H3/t20-/m0/s1. The van der Waals surface area contributed by atoms with Crippen molar-refractivity contribution in [2.24, 2.45) is 5.73 Å². The smallest absolute Gasteiger partial charge is 0.258 e. The fraction of sp³-hybridized carbons (Fsp3) is 0.391. The van der Waals surface area contributed by atoms with Gasteiger partial charge in [-0.2, -0.15) is 5.26 Å². The molecule has 1 aromatic heterocycles. The average Bonchev–Trinajstić information content (AvgIpc) is 2.76. The number of hydrogen-bond donors (Lipinski definition) is 1. The lowest BCUT2D eigenvalue weighted by Crippen LogP contribution is -2.34. The number of benzene rings is 1. The van der Waals surface area contributed by atoms with E-state index in [9.17, 15) is 10.1 Å². The predicted octanol–water partition coefficient (Wildman–Crippen LogP) is 1.96. The monoisotopic (exact) mass is 440 g/mol. The number of hydrogen-bond acceptors (Lipinski definition) is 8. The molecule has 170 valence electrons. The second-order valence-corrected chi connectivity index (χ2v) is 7.70. The third-order valence-corrected chi connectivity index (χ3v) is 5.51. The lowest BCUT2D eigenvalue weighted by atomic mass is 9.83. The minimum Gasteiger partial charge on any atom is -0.496 e. The maximum atomic E-state index is 13.7. The van der Waals surface area contributed by atoms with Crippen molar-refractivity contribution < 1.29 is 18.9 Å². The lowest BCUT2D eigenvalue weighted by molar-refractivity contribution is 0.346. The Bertz CT molecular complexity index is 1160. The van der Waals surface area contributed by atoms with Crippen LogP contribution in [-0.2, 0) is 6.54 Å². The number of nitriles is 1. The highest BCUT2D eigenvalue weighted by molar-refractivity contribution is 5.61. The number of allylic oxidation sites excluding steroid dienone is 1. The number of ether oxygens (including phenoxy) is 4. The van der Waals surface area contributed by atoms with E-state index in [1.165, 1.54) is 21.3 Å². The first-order valence-electron chi connectivity index (χ1n) is 10.0. The molecule has 1 aliphatic rings. The molecule has 0 aliphatic carbocycles. The van der Waals surface area contributed by atoms with Crippen LogP contribution in [0.1, 0.15) is 22.7 Å². The molecule has 0 bridgehead atoms. The molecule has 9 heteroatoms. The zero-order chi connectivity index (χ0) is 23.6. The first-order chi connectivity index (χ1) is 15.3. The largest absolute Gasteiger partial charge is 0.496 e. The van der Waals surface area contributed by atoms with Gasteiger partial charge in [0.1, 0.15) is 23.1 Å². The fourth-order valence-electron chi connectivity index (χ4n) is 3.85. The highest BCUT2D eigenvalue weighted by Crippen LogP contribution is 2.46. The lowest BCUT2D eigenvalue weighted by Gasteiger charge is -2.29. The molecule has 3 rings (SSSR count). The molecule has 32 heavy (non-hydrogen) atoms. The Kier molecular flexibility index (Phi) is 6.65. The van der Waals surface area contributed by atoms with Crippen LogP contribution < -0.4 is 30.2 Å². The topological polar surface area (TPSA) is 112 Å². The molecular weight excluding hydrogens is 412 g/mol. The van der Waals surface area contributed by atoms with Crippen molar-refractivity contribution >= 4 is 0 Å². The summed E-state index contributed by atoms with van der Waals surface area (Å²) in [5.41, 5.74) is 7.60. The van der Waals surface area contributed by atoms with Crippen molar-refractivity contribution in [3.8, 4) is 29.1 Å². The van der Waals surface area contributed by atoms with Gasteiger partial charge < -0.3 is 34.1 Å². The predicted molar refractivity (Wildman–Crippen MR) is 119 cm³/mol. The van der Waals surface area contributed by atoms with Crippen molar-refractivity contribution in [3.63, 3.8) is 0 Å². The van der Waals surface area contributed by atoms with E-state index in [0.717, 1.165) is 5.69 Å². The molecule has 1 aromatic carbocycles. The summed E-state index contributed by atoms with van der Waals surface area (Å²) in [6.45, 7) is 3.00. The number of nitrogens with two attached hydrogens (primary N) is 1. The van der Waals surface area contributed by atoms with Crippen LogP contribution in [0.25, 0.3) is 0 Å². The minimum absolute atomic E-state index is 0.0494. The van der Waals surface area contributed by atoms with Crippen molar-refractivity contribution in [2.75, 3.05) is 42.0 Å². The van der Waals surface area contributed by atoms with E-state index < -0.39 is 5.92 Å². The summed E-state index contributed by atoms with van der Waals surface area (Å²) in [4.78, 5) is 15.7. The summed E-state index contributed by atoms with van der Waals surface area (Å²) < 4.78 is 23.8. The van der Waals surface area contributed by atoms with E-state index in [-0.39, 0.29) is 17.0 Å². The third kappa shape index (κ3) is 3.97. The minimum atomic E-state index is -0.794. The number of nitrogens with zero attached hydrogens (tertiary/aromatic N) is 3. The van der Waals surface area contributed by atoms with Gasteiger partial charge in [0, 0.05) is 36.5 Å². The summed E-state index contributed by atoms with van der Waals surface area (Å²) in [5.74, 6) is 0.812. The van der Waals surface area contributed by atoms with Crippen LogP contribution in [0.15, 0.2) is 34.4 Å². The highest BCUT2D eigenvalue weighted by atomic mass is 16.5. The van der Waals surface area contributed by atoms with Crippen LogP contribution in [0.4, 0.5) is 0 Å². The fourth-order valence-corrected chi connectivity index (χ4v) is 3.85. The summed E-state index contributed by atoms with van der Waals surface area (Å²) in [7, 11) is 8.42. The number of pyridine rings is 1. The van der Waals surface area contributed by atoms with Crippen LogP contribution in [-0.4, -0.2) is 51.4 Å². The number of aryl methyl sites for hydroxylation is 1. The van der Waals surface area contributed by atoms with Crippen LogP contribution >= 0.6 is 0 Å². The molecule has 0 fully saturated rings. The van der Waals surface area contributed by atoms with Gasteiger partial charge in [0.05, 0.1) is 32.8 Å². The Balaban J connectivity index is 2.33. The van der Waals surface area contributed by atoms with Gasteiger partial charge in [-0.05, 0) is 27.1 Å². The van der Waals surface area contributed by atoms with Crippen LogP contribution in [0.5, 0.6) is 23.0 Å². The van der Waals surface area contributed by atoms with E-state index in [1.54, 1.807) is 22.8 Å². The molecule has 2 aromatic rings. The van der Waals surface area contributed by atoms with E-state index in [4.69, 9.17) is 24.7 Å². The highest BCUT2D eigenvalue weighted by Gasteiger charge is 2.36. The van der Waals surface area contributed by atoms with Crippen molar-refractivity contribution in [3.05, 3.63) is 56.8 Å². The molecule has 1 atom stereocenters. The van der Waals surface area contributed by atoms with Crippen LogP contribution in [0, 0.1) is 18.3 Å².